The molecule has 0 atom stereocenters. The fourth-order valence-electron chi connectivity index (χ4n) is 2.48. The molecule has 2 rings (SSSR count). The molecule has 1 aliphatic rings. The molecule has 1 fully saturated rings. The zero-order chi connectivity index (χ0) is 13.0. The smallest absolute Gasteiger partial charge is 0.144 e. The Bertz CT molecular complexity index is 442. The molecule has 3 N–H and O–H groups in total. The number of pyridine rings is 1. The number of rotatable bonds is 3. The average molecular weight is 244 g/mol. The highest BCUT2D eigenvalue weighted by atomic mass is 15.0. The number of nitrogen functional groups attached to an aromatic ring is 1. The number of hydrogen-bond acceptors (Lipinski definition) is 4. The van der Waals surface area contributed by atoms with Crippen molar-refractivity contribution >= 4 is 11.5 Å². The van der Waals surface area contributed by atoms with E-state index in [-0.39, 0.29) is 0 Å². The first kappa shape index (κ1) is 12.7. The monoisotopic (exact) mass is 244 g/mol. The van der Waals surface area contributed by atoms with Gasteiger partial charge in [-0.1, -0.05) is 19.8 Å². The van der Waals surface area contributed by atoms with Crippen molar-refractivity contribution in [2.75, 3.05) is 17.6 Å². The van der Waals surface area contributed by atoms with Crippen LogP contribution in [0.15, 0.2) is 12.3 Å². The molecule has 0 aliphatic heterocycles. The second-order valence-electron chi connectivity index (χ2n) is 5.28. The molecular formula is C14H20N4. The van der Waals surface area contributed by atoms with Gasteiger partial charge in [0, 0.05) is 6.54 Å². The molecule has 0 bridgehead atoms. The van der Waals surface area contributed by atoms with Crippen molar-refractivity contribution in [3.8, 4) is 6.07 Å². The van der Waals surface area contributed by atoms with Crippen LogP contribution in [0.25, 0.3) is 0 Å². The Balaban J connectivity index is 1.92. The van der Waals surface area contributed by atoms with Crippen LogP contribution in [0.1, 0.15) is 38.2 Å². The molecule has 1 heterocycles. The zero-order valence-corrected chi connectivity index (χ0v) is 10.8. The topological polar surface area (TPSA) is 74.7 Å². The lowest BCUT2D eigenvalue weighted by molar-refractivity contribution is 0.300. The Kier molecular flexibility index (Phi) is 4.03. The lowest BCUT2D eigenvalue weighted by Gasteiger charge is -2.26. The maximum Gasteiger partial charge on any atom is 0.144 e. The van der Waals surface area contributed by atoms with E-state index in [0.717, 1.165) is 12.5 Å². The Morgan fingerprint density at radius 2 is 2.17 bits per heavy atom. The summed E-state index contributed by atoms with van der Waals surface area (Å²) < 4.78 is 0. The molecule has 1 aromatic rings. The van der Waals surface area contributed by atoms with Gasteiger partial charge in [-0.25, -0.2) is 4.98 Å². The van der Waals surface area contributed by atoms with Gasteiger partial charge in [0.05, 0.1) is 17.4 Å². The first-order valence-electron chi connectivity index (χ1n) is 6.58. The van der Waals surface area contributed by atoms with Gasteiger partial charge in [-0.15, -0.1) is 0 Å². The van der Waals surface area contributed by atoms with Crippen LogP contribution in [0, 0.1) is 23.2 Å². The molecule has 96 valence electrons. The Hall–Kier alpha value is -1.76. The molecule has 1 saturated carbocycles. The summed E-state index contributed by atoms with van der Waals surface area (Å²) in [4.78, 5) is 4.19. The first-order valence-corrected chi connectivity index (χ1v) is 6.58. The lowest BCUT2D eigenvalue weighted by Crippen LogP contribution is -2.20. The van der Waals surface area contributed by atoms with Crippen LogP contribution in [0.4, 0.5) is 11.5 Å². The quantitative estimate of drug-likeness (QED) is 0.857. The summed E-state index contributed by atoms with van der Waals surface area (Å²) in [5.41, 5.74) is 6.67. The number of nitrogens with zero attached hydrogens (tertiary/aromatic N) is 2. The summed E-state index contributed by atoms with van der Waals surface area (Å²) in [6, 6.07) is 3.79. The van der Waals surface area contributed by atoms with Gasteiger partial charge < -0.3 is 11.1 Å². The summed E-state index contributed by atoms with van der Waals surface area (Å²) in [5, 5.41) is 12.3. The largest absolute Gasteiger partial charge is 0.397 e. The van der Waals surface area contributed by atoms with E-state index in [9.17, 15) is 0 Å². The minimum Gasteiger partial charge on any atom is -0.397 e. The van der Waals surface area contributed by atoms with Crippen molar-refractivity contribution in [2.45, 2.75) is 32.6 Å². The number of hydrogen-bond donors (Lipinski definition) is 2. The maximum absolute atomic E-state index is 9.03. The molecule has 0 radical (unpaired) electrons. The number of nitrogens with two attached hydrogens (primary N) is 1. The van der Waals surface area contributed by atoms with Gasteiger partial charge >= 0.3 is 0 Å². The predicted molar refractivity (Wildman–Crippen MR) is 73.0 cm³/mol. The van der Waals surface area contributed by atoms with E-state index in [1.54, 1.807) is 12.3 Å². The Morgan fingerprint density at radius 1 is 1.44 bits per heavy atom. The molecule has 4 nitrogen and oxygen atoms in total. The number of aromatic nitrogens is 1. The number of nitrogens with one attached hydrogen (secondary N) is 1. The highest BCUT2D eigenvalue weighted by Gasteiger charge is 2.18. The fourth-order valence-corrected chi connectivity index (χ4v) is 2.48. The van der Waals surface area contributed by atoms with E-state index in [1.165, 1.54) is 25.7 Å². The van der Waals surface area contributed by atoms with E-state index in [4.69, 9.17) is 11.0 Å². The third kappa shape index (κ3) is 3.13. The molecule has 18 heavy (non-hydrogen) atoms. The Morgan fingerprint density at radius 3 is 2.83 bits per heavy atom. The van der Waals surface area contributed by atoms with Gasteiger partial charge in [0.15, 0.2) is 0 Å². The van der Waals surface area contributed by atoms with Crippen molar-refractivity contribution in [2.24, 2.45) is 11.8 Å². The molecular weight excluding hydrogens is 224 g/mol. The van der Waals surface area contributed by atoms with Crippen LogP contribution in [0.5, 0.6) is 0 Å². The third-order valence-corrected chi connectivity index (χ3v) is 3.72. The van der Waals surface area contributed by atoms with Crippen molar-refractivity contribution < 1.29 is 0 Å². The second kappa shape index (κ2) is 5.72. The summed E-state index contributed by atoms with van der Waals surface area (Å²) in [6.07, 6.45) is 6.75. The molecule has 1 aliphatic carbocycles. The highest BCUT2D eigenvalue weighted by Crippen LogP contribution is 2.28. The van der Waals surface area contributed by atoms with E-state index in [1.807, 2.05) is 0 Å². The first-order chi connectivity index (χ1) is 8.69. The number of nitriles is 1. The minimum atomic E-state index is 0.527. The predicted octanol–water partition coefficient (Wildman–Crippen LogP) is 2.77. The van der Waals surface area contributed by atoms with E-state index in [2.05, 4.69) is 23.3 Å². The summed E-state index contributed by atoms with van der Waals surface area (Å²) in [7, 11) is 0. The third-order valence-electron chi connectivity index (χ3n) is 3.72. The lowest BCUT2D eigenvalue weighted by atomic mass is 9.83. The highest BCUT2D eigenvalue weighted by molar-refractivity contribution is 5.57. The minimum absolute atomic E-state index is 0.527. The van der Waals surface area contributed by atoms with Gasteiger partial charge in [0.2, 0.25) is 0 Å². The maximum atomic E-state index is 9.03. The van der Waals surface area contributed by atoms with Crippen LogP contribution in [0.2, 0.25) is 0 Å². The van der Waals surface area contributed by atoms with Crippen LogP contribution in [0.3, 0.4) is 0 Å². The van der Waals surface area contributed by atoms with Crippen molar-refractivity contribution in [3.05, 3.63) is 17.8 Å². The van der Waals surface area contributed by atoms with Gasteiger partial charge in [-0.05, 0) is 30.7 Å². The fraction of sp³-hybridized carbons (Fsp3) is 0.571. The molecule has 0 unspecified atom stereocenters. The van der Waals surface area contributed by atoms with Crippen LogP contribution in [-0.2, 0) is 0 Å². The van der Waals surface area contributed by atoms with Crippen LogP contribution >= 0.6 is 0 Å². The SMILES string of the molecule is CC1CCC(CNc2ncc(N)cc2C#N)CC1. The second-order valence-corrected chi connectivity index (χ2v) is 5.28. The Labute approximate surface area is 108 Å². The summed E-state index contributed by atoms with van der Waals surface area (Å²) in [5.74, 6) is 2.22. The van der Waals surface area contributed by atoms with Crippen molar-refractivity contribution in [3.63, 3.8) is 0 Å². The summed E-state index contributed by atoms with van der Waals surface area (Å²) in [6.45, 7) is 3.22. The van der Waals surface area contributed by atoms with Gasteiger partial charge in [0.25, 0.3) is 0 Å². The van der Waals surface area contributed by atoms with Crippen LogP contribution in [-0.4, -0.2) is 11.5 Å². The van der Waals surface area contributed by atoms with Crippen LogP contribution < -0.4 is 11.1 Å². The molecule has 0 spiro atoms. The molecule has 0 amide bonds. The number of anilines is 2. The standard InChI is InChI=1S/C14H20N4/c1-10-2-4-11(5-3-10)8-17-14-12(7-15)6-13(16)9-18-14/h6,9-11H,2-5,8,16H2,1H3,(H,17,18). The normalized spacial score (nSPS) is 23.3. The van der Waals surface area contributed by atoms with E-state index >= 15 is 0 Å². The molecule has 0 aromatic carbocycles. The van der Waals surface area contributed by atoms with Gasteiger partial charge in [-0.3, -0.25) is 0 Å². The van der Waals surface area contributed by atoms with Gasteiger partial charge in [0.1, 0.15) is 11.9 Å². The molecule has 4 heteroatoms. The van der Waals surface area contributed by atoms with E-state index < -0.39 is 0 Å². The molecule has 1 aromatic heterocycles. The van der Waals surface area contributed by atoms with Crippen molar-refractivity contribution in [1.82, 2.24) is 4.98 Å². The van der Waals surface area contributed by atoms with Crippen molar-refractivity contribution in [1.29, 1.82) is 5.26 Å². The average Bonchev–Trinajstić information content (AvgIpc) is 2.39. The summed E-state index contributed by atoms with van der Waals surface area (Å²) >= 11 is 0. The van der Waals surface area contributed by atoms with E-state index in [0.29, 0.717) is 23.0 Å². The molecule has 0 saturated heterocycles. The zero-order valence-electron chi connectivity index (χ0n) is 10.8. The van der Waals surface area contributed by atoms with Gasteiger partial charge in [-0.2, -0.15) is 5.26 Å².